The van der Waals surface area contributed by atoms with Gasteiger partial charge in [0.2, 0.25) is 0 Å². The number of rotatable bonds is 1. The van der Waals surface area contributed by atoms with Crippen LogP contribution >= 0.6 is 0 Å². The Morgan fingerprint density at radius 1 is 1.38 bits per heavy atom. The van der Waals surface area contributed by atoms with Gasteiger partial charge in [0.25, 0.3) is 5.16 Å². The molecule has 0 fully saturated rings. The third-order valence-electron chi connectivity index (χ3n) is 1.38. The average molecular weight is 199 g/mol. The van der Waals surface area contributed by atoms with Crippen LogP contribution in [0.15, 0.2) is 17.7 Å². The molecule has 1 radical (unpaired) electrons. The first-order valence-electron chi connectivity index (χ1n) is 3.19. The molecule has 0 bridgehead atoms. The Morgan fingerprint density at radius 2 is 2.15 bits per heavy atom. The fourth-order valence-electron chi connectivity index (χ4n) is 0.858. The third-order valence-corrected chi connectivity index (χ3v) is 2.04. The van der Waals surface area contributed by atoms with E-state index in [-0.39, 0.29) is 5.65 Å². The van der Waals surface area contributed by atoms with Crippen LogP contribution < -0.4 is 0 Å². The lowest BCUT2D eigenvalue weighted by atomic mass is 10.6. The average Bonchev–Trinajstić information content (AvgIpc) is 2.45. The highest BCUT2D eigenvalue weighted by molar-refractivity contribution is 7.85. The molecule has 0 atom stereocenters. The van der Waals surface area contributed by atoms with Crippen molar-refractivity contribution in [3.8, 4) is 0 Å². The van der Waals surface area contributed by atoms with Gasteiger partial charge in [0.15, 0.2) is 5.65 Å². The van der Waals surface area contributed by atoms with Gasteiger partial charge >= 0.3 is 10.1 Å². The van der Waals surface area contributed by atoms with Crippen molar-refractivity contribution in [3.63, 3.8) is 0 Å². The number of imidazole rings is 1. The number of nitrogens with zero attached hydrogens (tertiary/aromatic N) is 3. The molecule has 0 unspecified atom stereocenters. The Balaban J connectivity index is 2.77. The number of aromatic amines is 1. The molecule has 0 aliphatic heterocycles. The molecular formula is C5H3N4O3S. The third kappa shape index (κ3) is 1.36. The summed E-state index contributed by atoms with van der Waals surface area (Å²) in [6, 6.07) is 0. The van der Waals surface area contributed by atoms with E-state index in [1.165, 1.54) is 12.5 Å². The van der Waals surface area contributed by atoms with Crippen LogP contribution in [0.2, 0.25) is 0 Å². The van der Waals surface area contributed by atoms with Crippen molar-refractivity contribution in [2.24, 2.45) is 0 Å². The Hall–Kier alpha value is -1.54. The van der Waals surface area contributed by atoms with E-state index in [1.54, 1.807) is 0 Å². The zero-order valence-electron chi connectivity index (χ0n) is 6.13. The summed E-state index contributed by atoms with van der Waals surface area (Å²) in [5, 5.41) is -0.636. The van der Waals surface area contributed by atoms with E-state index in [0.29, 0.717) is 5.52 Å². The van der Waals surface area contributed by atoms with Crippen molar-refractivity contribution in [2.75, 3.05) is 0 Å². The lowest BCUT2D eigenvalue weighted by Gasteiger charge is -1.82. The molecule has 2 aromatic rings. The molecule has 7 nitrogen and oxygen atoms in total. The zero-order valence-corrected chi connectivity index (χ0v) is 6.95. The van der Waals surface area contributed by atoms with E-state index >= 15 is 0 Å². The summed E-state index contributed by atoms with van der Waals surface area (Å²) < 4.78 is 31.5. The lowest BCUT2D eigenvalue weighted by Crippen LogP contribution is -1.97. The Bertz CT molecular complexity index is 513. The van der Waals surface area contributed by atoms with Crippen LogP contribution in [0, 0.1) is 0 Å². The van der Waals surface area contributed by atoms with Gasteiger partial charge in [0.05, 0.1) is 6.20 Å². The zero-order chi connectivity index (χ0) is 9.47. The highest BCUT2D eigenvalue weighted by Crippen LogP contribution is 2.09. The molecule has 0 amide bonds. The molecular weight excluding hydrogens is 196 g/mol. The van der Waals surface area contributed by atoms with Gasteiger partial charge < -0.3 is 4.98 Å². The summed E-state index contributed by atoms with van der Waals surface area (Å²) in [5.74, 6) is 0. The van der Waals surface area contributed by atoms with Gasteiger partial charge in [-0.2, -0.15) is 13.4 Å². The highest BCUT2D eigenvalue weighted by Gasteiger charge is 2.17. The first-order chi connectivity index (χ1) is 6.07. The van der Waals surface area contributed by atoms with Crippen LogP contribution in [-0.4, -0.2) is 28.4 Å². The second-order valence-electron chi connectivity index (χ2n) is 2.26. The van der Waals surface area contributed by atoms with Crippen molar-refractivity contribution in [1.29, 1.82) is 0 Å². The molecule has 2 aromatic heterocycles. The molecule has 0 saturated carbocycles. The summed E-state index contributed by atoms with van der Waals surface area (Å²) >= 11 is 0. The molecule has 0 aliphatic carbocycles. The second kappa shape index (κ2) is 2.47. The standard InChI is InChI=1S/C5H3N4O3S/c10-13(11,12)5-8-3-1-6-2-7-4(3)9-5/h1-2H,(H,6,7,8,9). The van der Waals surface area contributed by atoms with Gasteiger partial charge in [-0.3, -0.25) is 0 Å². The molecule has 13 heavy (non-hydrogen) atoms. The van der Waals surface area contributed by atoms with Gasteiger partial charge in [-0.15, -0.1) is 0 Å². The van der Waals surface area contributed by atoms with Gasteiger partial charge in [0.1, 0.15) is 11.8 Å². The Labute approximate surface area is 72.6 Å². The maximum atomic E-state index is 10.5. The SMILES string of the molecule is [O]S(=O)(=O)c1nc2ncncc2[nH]1. The maximum absolute atomic E-state index is 10.5. The highest BCUT2D eigenvalue weighted by atomic mass is 32.2. The van der Waals surface area contributed by atoms with Crippen LogP contribution in [0.5, 0.6) is 0 Å². The quantitative estimate of drug-likeness (QED) is 0.664. The van der Waals surface area contributed by atoms with Crippen molar-refractivity contribution in [1.82, 2.24) is 19.9 Å². The van der Waals surface area contributed by atoms with Crippen molar-refractivity contribution >= 4 is 21.3 Å². The molecule has 8 heteroatoms. The monoisotopic (exact) mass is 199 g/mol. The number of nitrogens with one attached hydrogen (secondary N) is 1. The minimum atomic E-state index is -4.55. The van der Waals surface area contributed by atoms with Crippen molar-refractivity contribution in [3.05, 3.63) is 12.5 Å². The fourth-order valence-corrected chi connectivity index (χ4v) is 1.29. The molecule has 2 rings (SSSR count). The van der Waals surface area contributed by atoms with Crippen LogP contribution in [-0.2, 0) is 14.7 Å². The summed E-state index contributed by atoms with van der Waals surface area (Å²) in [5.41, 5.74) is 0.473. The van der Waals surface area contributed by atoms with Crippen molar-refractivity contribution < 1.29 is 13.0 Å². The molecule has 0 aromatic carbocycles. The first kappa shape index (κ1) is 8.08. The Kier molecular flexibility index (Phi) is 1.54. The minimum Gasteiger partial charge on any atom is -0.324 e. The molecule has 1 N–H and O–H groups in total. The number of hydrogen-bond donors (Lipinski definition) is 1. The largest absolute Gasteiger partial charge is 0.358 e. The van der Waals surface area contributed by atoms with E-state index in [4.69, 9.17) is 0 Å². The Morgan fingerprint density at radius 3 is 2.77 bits per heavy atom. The summed E-state index contributed by atoms with van der Waals surface area (Å²) in [6.07, 6.45) is 2.55. The summed E-state index contributed by atoms with van der Waals surface area (Å²) in [4.78, 5) is 13.1. The normalized spacial score (nSPS) is 12.1. The summed E-state index contributed by atoms with van der Waals surface area (Å²) in [7, 11) is -4.55. The summed E-state index contributed by atoms with van der Waals surface area (Å²) in [6.45, 7) is 0. The van der Waals surface area contributed by atoms with Crippen LogP contribution in [0.1, 0.15) is 0 Å². The van der Waals surface area contributed by atoms with E-state index < -0.39 is 15.3 Å². The topological polar surface area (TPSA) is 108 Å². The molecule has 0 aliphatic rings. The predicted octanol–water partition coefficient (Wildman–Crippen LogP) is -0.528. The molecule has 0 spiro atoms. The van der Waals surface area contributed by atoms with Crippen molar-refractivity contribution in [2.45, 2.75) is 5.16 Å². The smallest absolute Gasteiger partial charge is 0.324 e. The fraction of sp³-hybridized carbons (Fsp3) is 0. The maximum Gasteiger partial charge on any atom is 0.358 e. The molecule has 0 saturated heterocycles. The second-order valence-corrected chi connectivity index (χ2v) is 3.55. The van der Waals surface area contributed by atoms with Gasteiger partial charge in [-0.1, -0.05) is 4.55 Å². The van der Waals surface area contributed by atoms with E-state index in [1.807, 2.05) is 0 Å². The number of H-pyrrole nitrogens is 1. The number of hydrogen-bond acceptors (Lipinski definition) is 5. The minimum absolute atomic E-state index is 0.157. The number of fused-ring (bicyclic) bond motifs is 1. The van der Waals surface area contributed by atoms with E-state index in [0.717, 1.165) is 0 Å². The van der Waals surface area contributed by atoms with Gasteiger partial charge in [-0.25, -0.2) is 9.97 Å². The van der Waals surface area contributed by atoms with Gasteiger partial charge in [0, 0.05) is 0 Å². The molecule has 2 heterocycles. The number of aromatic nitrogens is 4. The van der Waals surface area contributed by atoms with Crippen LogP contribution in [0.4, 0.5) is 0 Å². The van der Waals surface area contributed by atoms with E-state index in [9.17, 15) is 13.0 Å². The van der Waals surface area contributed by atoms with Gasteiger partial charge in [-0.05, 0) is 0 Å². The lowest BCUT2D eigenvalue weighted by molar-refractivity contribution is 0.408. The first-order valence-corrected chi connectivity index (χ1v) is 4.60. The van der Waals surface area contributed by atoms with Crippen LogP contribution in [0.3, 0.4) is 0 Å². The predicted molar refractivity (Wildman–Crippen MR) is 39.6 cm³/mol. The van der Waals surface area contributed by atoms with E-state index in [2.05, 4.69) is 19.9 Å². The molecule has 67 valence electrons. The van der Waals surface area contributed by atoms with Crippen LogP contribution in [0.25, 0.3) is 11.2 Å².